The number of para-hydroxylation sites is 1. The summed E-state index contributed by atoms with van der Waals surface area (Å²) in [6, 6.07) is 5.26. The van der Waals surface area contributed by atoms with Gasteiger partial charge in [0, 0.05) is 6.54 Å². The van der Waals surface area contributed by atoms with Gasteiger partial charge in [0.2, 0.25) is 0 Å². The van der Waals surface area contributed by atoms with Crippen LogP contribution in [-0.2, 0) is 0 Å². The Morgan fingerprint density at radius 1 is 1.42 bits per heavy atom. The zero-order valence-electron chi connectivity index (χ0n) is 7.28. The summed E-state index contributed by atoms with van der Waals surface area (Å²) in [7, 11) is 0. The van der Waals surface area contributed by atoms with Crippen LogP contribution in [0.5, 0.6) is 5.75 Å². The van der Waals surface area contributed by atoms with E-state index >= 15 is 0 Å². The minimum Gasteiger partial charge on any atom is -0.505 e. The lowest BCUT2D eigenvalue weighted by atomic mass is 10.2. The van der Waals surface area contributed by atoms with Crippen LogP contribution < -0.4 is 5.06 Å². The van der Waals surface area contributed by atoms with Gasteiger partial charge in [0.25, 0.3) is 0 Å². The van der Waals surface area contributed by atoms with Crippen LogP contribution in [0.3, 0.4) is 0 Å². The predicted molar refractivity (Wildman–Crippen MR) is 47.7 cm³/mol. The smallest absolute Gasteiger partial charge is 0.144 e. The molecule has 66 valence electrons. The number of nitrogens with zero attached hydrogens (tertiary/aromatic N) is 1. The highest BCUT2D eigenvalue weighted by Crippen LogP contribution is 2.28. The van der Waals surface area contributed by atoms with Crippen molar-refractivity contribution in [3.05, 3.63) is 23.8 Å². The zero-order valence-corrected chi connectivity index (χ0v) is 7.28. The molecule has 1 aromatic carbocycles. The van der Waals surface area contributed by atoms with Crippen LogP contribution in [-0.4, -0.2) is 16.9 Å². The van der Waals surface area contributed by atoms with Gasteiger partial charge in [-0.15, -0.1) is 0 Å². The molecule has 0 aliphatic carbocycles. The molecule has 3 nitrogen and oxygen atoms in total. The molecule has 0 amide bonds. The van der Waals surface area contributed by atoms with Gasteiger partial charge < -0.3 is 5.11 Å². The first kappa shape index (κ1) is 8.87. The fourth-order valence-corrected chi connectivity index (χ4v) is 1.02. The van der Waals surface area contributed by atoms with E-state index in [4.69, 9.17) is 0 Å². The molecule has 0 saturated heterocycles. The zero-order chi connectivity index (χ0) is 9.14. The molecule has 2 N–H and O–H groups in total. The van der Waals surface area contributed by atoms with E-state index in [2.05, 4.69) is 0 Å². The van der Waals surface area contributed by atoms with Crippen LogP contribution in [0.4, 0.5) is 5.69 Å². The highest BCUT2D eigenvalue weighted by molar-refractivity contribution is 5.58. The van der Waals surface area contributed by atoms with Gasteiger partial charge in [0.15, 0.2) is 0 Å². The minimum absolute atomic E-state index is 0.141. The van der Waals surface area contributed by atoms with Gasteiger partial charge >= 0.3 is 0 Å². The van der Waals surface area contributed by atoms with Gasteiger partial charge in [0.1, 0.15) is 11.4 Å². The number of rotatable bonds is 2. The third-order valence-electron chi connectivity index (χ3n) is 1.79. The first-order chi connectivity index (χ1) is 5.66. The average Bonchev–Trinajstić information content (AvgIpc) is 2.08. The Labute approximate surface area is 71.8 Å². The molecule has 0 aliphatic heterocycles. The topological polar surface area (TPSA) is 43.7 Å². The van der Waals surface area contributed by atoms with E-state index < -0.39 is 0 Å². The number of aromatic hydroxyl groups is 1. The SMILES string of the molecule is CCN(O)c1cccc(C)c1O. The summed E-state index contributed by atoms with van der Waals surface area (Å²) < 4.78 is 0. The molecule has 0 spiro atoms. The summed E-state index contributed by atoms with van der Waals surface area (Å²) >= 11 is 0. The van der Waals surface area contributed by atoms with Gasteiger partial charge in [-0.2, -0.15) is 0 Å². The number of hydrogen-bond acceptors (Lipinski definition) is 3. The van der Waals surface area contributed by atoms with Gasteiger partial charge in [-0.05, 0) is 25.5 Å². The second kappa shape index (κ2) is 3.45. The summed E-state index contributed by atoms with van der Waals surface area (Å²) in [6.07, 6.45) is 0. The first-order valence-corrected chi connectivity index (χ1v) is 3.91. The largest absolute Gasteiger partial charge is 0.505 e. The molecule has 1 rings (SSSR count). The lowest BCUT2D eigenvalue weighted by Crippen LogP contribution is -2.16. The number of hydrogen-bond donors (Lipinski definition) is 2. The van der Waals surface area contributed by atoms with Crippen LogP contribution >= 0.6 is 0 Å². The van der Waals surface area contributed by atoms with Gasteiger partial charge in [-0.1, -0.05) is 12.1 Å². The molecule has 0 radical (unpaired) electrons. The Bertz CT molecular complexity index is 273. The van der Waals surface area contributed by atoms with E-state index in [1.54, 1.807) is 25.1 Å². The molecular formula is C9H13NO2. The van der Waals surface area contributed by atoms with Crippen molar-refractivity contribution in [2.45, 2.75) is 13.8 Å². The van der Waals surface area contributed by atoms with Crippen LogP contribution in [0, 0.1) is 6.92 Å². The van der Waals surface area contributed by atoms with Crippen LogP contribution in [0.2, 0.25) is 0 Å². The summed E-state index contributed by atoms with van der Waals surface area (Å²) in [5.41, 5.74) is 1.22. The third kappa shape index (κ3) is 1.51. The quantitative estimate of drug-likeness (QED) is 0.661. The number of phenols is 1. The van der Waals surface area contributed by atoms with Gasteiger partial charge in [0.05, 0.1) is 0 Å². The van der Waals surface area contributed by atoms with E-state index in [1.165, 1.54) is 0 Å². The first-order valence-electron chi connectivity index (χ1n) is 3.91. The van der Waals surface area contributed by atoms with E-state index in [0.29, 0.717) is 12.2 Å². The maximum atomic E-state index is 9.50. The second-order valence-electron chi connectivity index (χ2n) is 2.66. The monoisotopic (exact) mass is 167 g/mol. The molecule has 0 atom stereocenters. The highest BCUT2D eigenvalue weighted by atomic mass is 16.5. The van der Waals surface area contributed by atoms with Crippen LogP contribution in [0.25, 0.3) is 0 Å². The number of anilines is 1. The van der Waals surface area contributed by atoms with Crippen molar-refractivity contribution in [1.29, 1.82) is 0 Å². The fourth-order valence-electron chi connectivity index (χ4n) is 1.02. The van der Waals surface area contributed by atoms with Crippen molar-refractivity contribution < 1.29 is 10.3 Å². The second-order valence-corrected chi connectivity index (χ2v) is 2.66. The van der Waals surface area contributed by atoms with E-state index in [0.717, 1.165) is 10.6 Å². The summed E-state index contributed by atoms with van der Waals surface area (Å²) in [4.78, 5) is 0. The normalized spacial score (nSPS) is 9.92. The van der Waals surface area contributed by atoms with E-state index in [-0.39, 0.29) is 5.75 Å². The molecule has 0 fully saturated rings. The Hall–Kier alpha value is -1.22. The molecule has 0 aliphatic rings. The van der Waals surface area contributed by atoms with Crippen molar-refractivity contribution in [2.75, 3.05) is 11.6 Å². The molecule has 0 unspecified atom stereocenters. The average molecular weight is 167 g/mol. The highest BCUT2D eigenvalue weighted by Gasteiger charge is 2.07. The van der Waals surface area contributed by atoms with Crippen molar-refractivity contribution in [3.63, 3.8) is 0 Å². The lowest BCUT2D eigenvalue weighted by molar-refractivity contribution is 0.256. The number of phenolic OH excluding ortho intramolecular Hbond substituents is 1. The maximum Gasteiger partial charge on any atom is 0.144 e. The molecule has 0 saturated carbocycles. The van der Waals surface area contributed by atoms with E-state index in [1.807, 2.05) is 6.92 Å². The van der Waals surface area contributed by atoms with Crippen molar-refractivity contribution in [2.24, 2.45) is 0 Å². The van der Waals surface area contributed by atoms with Crippen molar-refractivity contribution in [3.8, 4) is 5.75 Å². The summed E-state index contributed by atoms with van der Waals surface area (Å²) in [5.74, 6) is 0.141. The Morgan fingerprint density at radius 2 is 2.08 bits per heavy atom. The third-order valence-corrected chi connectivity index (χ3v) is 1.79. The van der Waals surface area contributed by atoms with Crippen LogP contribution in [0.15, 0.2) is 18.2 Å². The molecule has 3 heteroatoms. The lowest BCUT2D eigenvalue weighted by Gasteiger charge is -2.16. The maximum absolute atomic E-state index is 9.50. The predicted octanol–water partition coefficient (Wildman–Crippen LogP) is 1.92. The standard InChI is InChI=1S/C9H13NO2/c1-3-10(12)8-6-4-5-7(2)9(8)11/h4-6,11-12H,3H2,1-2H3. The molecule has 12 heavy (non-hydrogen) atoms. The number of benzene rings is 1. The Kier molecular flexibility index (Phi) is 2.55. The summed E-state index contributed by atoms with van der Waals surface area (Å²) in [5, 5.41) is 19.8. The Morgan fingerprint density at radius 3 is 2.67 bits per heavy atom. The molecular weight excluding hydrogens is 154 g/mol. The van der Waals surface area contributed by atoms with Gasteiger partial charge in [-0.3, -0.25) is 10.3 Å². The minimum atomic E-state index is 0.141. The van der Waals surface area contributed by atoms with Gasteiger partial charge in [-0.25, -0.2) is 0 Å². The summed E-state index contributed by atoms with van der Waals surface area (Å²) in [6.45, 7) is 4.06. The molecule has 1 aromatic rings. The molecule has 0 heterocycles. The fraction of sp³-hybridized carbons (Fsp3) is 0.333. The van der Waals surface area contributed by atoms with Crippen LogP contribution in [0.1, 0.15) is 12.5 Å². The van der Waals surface area contributed by atoms with E-state index in [9.17, 15) is 10.3 Å². The van der Waals surface area contributed by atoms with Crippen molar-refractivity contribution >= 4 is 5.69 Å². The van der Waals surface area contributed by atoms with Crippen molar-refractivity contribution in [1.82, 2.24) is 0 Å². The number of hydroxylamine groups is 1. The molecule has 0 bridgehead atoms. The Balaban J connectivity index is 3.07. The molecule has 0 aromatic heterocycles. The number of aryl methyl sites for hydroxylation is 1.